The maximum atomic E-state index is 12.8. The van der Waals surface area contributed by atoms with Gasteiger partial charge in [0.05, 0.1) is 16.8 Å². The van der Waals surface area contributed by atoms with Crippen molar-refractivity contribution in [3.8, 4) is 0 Å². The summed E-state index contributed by atoms with van der Waals surface area (Å²) in [5.74, 6) is 0.547. The Hall–Kier alpha value is -1.13. The average molecular weight is 284 g/mol. The fourth-order valence-corrected chi connectivity index (χ4v) is 2.05. The first-order chi connectivity index (χ1) is 7.72. The van der Waals surface area contributed by atoms with Crippen molar-refractivity contribution in [2.75, 3.05) is 7.05 Å². The standard InChI is InChI=1S/C12H11BrFNO/c1-15-11(12-10(13)6-7-16-12)8-2-4-9(14)5-3-8/h2-7,11,15H,1H3. The van der Waals surface area contributed by atoms with Gasteiger partial charge < -0.3 is 9.73 Å². The van der Waals surface area contributed by atoms with Crippen LogP contribution in [0.25, 0.3) is 0 Å². The van der Waals surface area contributed by atoms with Crippen LogP contribution in [0.15, 0.2) is 45.5 Å². The maximum absolute atomic E-state index is 12.8. The number of furan rings is 1. The molecular formula is C12H11BrFNO. The van der Waals surface area contributed by atoms with Gasteiger partial charge in [0.25, 0.3) is 0 Å². The molecule has 0 fully saturated rings. The Morgan fingerprint density at radius 2 is 1.94 bits per heavy atom. The van der Waals surface area contributed by atoms with Crippen LogP contribution in [0.4, 0.5) is 4.39 Å². The summed E-state index contributed by atoms with van der Waals surface area (Å²) in [4.78, 5) is 0. The third-order valence-electron chi connectivity index (χ3n) is 2.40. The molecule has 4 heteroatoms. The minimum atomic E-state index is -0.239. The lowest BCUT2D eigenvalue weighted by Gasteiger charge is -2.14. The molecule has 1 N–H and O–H groups in total. The molecule has 84 valence electrons. The van der Waals surface area contributed by atoms with E-state index in [0.29, 0.717) is 0 Å². The second-order valence-corrected chi connectivity index (χ2v) is 4.26. The lowest BCUT2D eigenvalue weighted by Crippen LogP contribution is -2.17. The zero-order chi connectivity index (χ0) is 11.5. The first kappa shape index (κ1) is 11.4. The summed E-state index contributed by atoms with van der Waals surface area (Å²) in [6.45, 7) is 0. The molecule has 0 radical (unpaired) electrons. The van der Waals surface area contributed by atoms with Crippen LogP contribution >= 0.6 is 15.9 Å². The second-order valence-electron chi connectivity index (χ2n) is 3.41. The van der Waals surface area contributed by atoms with Crippen LogP contribution in [0.3, 0.4) is 0 Å². The summed E-state index contributed by atoms with van der Waals surface area (Å²) in [5, 5.41) is 3.13. The molecule has 0 saturated carbocycles. The molecule has 0 saturated heterocycles. The molecule has 1 atom stereocenters. The molecule has 1 aromatic heterocycles. The average Bonchev–Trinajstić information content (AvgIpc) is 2.69. The molecule has 0 bridgehead atoms. The highest BCUT2D eigenvalue weighted by Crippen LogP contribution is 2.29. The van der Waals surface area contributed by atoms with Crippen molar-refractivity contribution in [1.29, 1.82) is 0 Å². The van der Waals surface area contributed by atoms with E-state index in [1.165, 1.54) is 12.1 Å². The Kier molecular flexibility index (Phi) is 3.41. The number of halogens is 2. The van der Waals surface area contributed by atoms with Gasteiger partial charge in [-0.15, -0.1) is 0 Å². The zero-order valence-electron chi connectivity index (χ0n) is 8.71. The Morgan fingerprint density at radius 3 is 2.44 bits per heavy atom. The third kappa shape index (κ3) is 2.18. The van der Waals surface area contributed by atoms with E-state index in [9.17, 15) is 4.39 Å². The molecule has 16 heavy (non-hydrogen) atoms. The summed E-state index contributed by atoms with van der Waals surface area (Å²) >= 11 is 3.41. The largest absolute Gasteiger partial charge is 0.466 e. The summed E-state index contributed by atoms with van der Waals surface area (Å²) < 4.78 is 19.1. The Labute approximate surface area is 102 Å². The van der Waals surface area contributed by atoms with E-state index in [4.69, 9.17) is 4.42 Å². The molecule has 1 unspecified atom stereocenters. The van der Waals surface area contributed by atoms with Gasteiger partial charge in [0.15, 0.2) is 0 Å². The van der Waals surface area contributed by atoms with Crippen LogP contribution in [0.1, 0.15) is 17.4 Å². The number of hydrogen-bond acceptors (Lipinski definition) is 2. The lowest BCUT2D eigenvalue weighted by molar-refractivity contribution is 0.460. The molecule has 0 spiro atoms. The van der Waals surface area contributed by atoms with Gasteiger partial charge in [-0.25, -0.2) is 4.39 Å². The van der Waals surface area contributed by atoms with E-state index in [2.05, 4.69) is 21.2 Å². The van der Waals surface area contributed by atoms with Crippen molar-refractivity contribution >= 4 is 15.9 Å². The van der Waals surface area contributed by atoms with E-state index in [1.807, 2.05) is 13.1 Å². The maximum Gasteiger partial charge on any atom is 0.139 e. The van der Waals surface area contributed by atoms with Gasteiger partial charge in [-0.05, 0) is 46.7 Å². The molecule has 0 aliphatic heterocycles. The van der Waals surface area contributed by atoms with Gasteiger partial charge in [-0.3, -0.25) is 0 Å². The van der Waals surface area contributed by atoms with Gasteiger partial charge in [-0.2, -0.15) is 0 Å². The zero-order valence-corrected chi connectivity index (χ0v) is 10.3. The summed E-state index contributed by atoms with van der Waals surface area (Å²) in [6.07, 6.45) is 1.62. The molecule has 1 aromatic carbocycles. The highest BCUT2D eigenvalue weighted by molar-refractivity contribution is 9.10. The van der Waals surface area contributed by atoms with Crippen molar-refractivity contribution in [1.82, 2.24) is 5.32 Å². The summed E-state index contributed by atoms with van der Waals surface area (Å²) in [6, 6.07) is 8.12. The van der Waals surface area contributed by atoms with Crippen LogP contribution in [-0.2, 0) is 0 Å². The molecule has 0 aliphatic rings. The van der Waals surface area contributed by atoms with Crippen LogP contribution < -0.4 is 5.32 Å². The monoisotopic (exact) mass is 283 g/mol. The number of rotatable bonds is 3. The van der Waals surface area contributed by atoms with Gasteiger partial charge >= 0.3 is 0 Å². The fourth-order valence-electron chi connectivity index (χ4n) is 1.62. The normalized spacial score (nSPS) is 12.7. The minimum absolute atomic E-state index is 0.0787. The van der Waals surface area contributed by atoms with Gasteiger partial charge in [0.2, 0.25) is 0 Å². The lowest BCUT2D eigenvalue weighted by atomic mass is 10.1. The Bertz CT molecular complexity index is 466. The number of benzene rings is 1. The molecule has 2 aromatic rings. The van der Waals surface area contributed by atoms with Crippen LogP contribution in [-0.4, -0.2) is 7.05 Å². The molecule has 2 rings (SSSR count). The first-order valence-electron chi connectivity index (χ1n) is 4.88. The Morgan fingerprint density at radius 1 is 1.25 bits per heavy atom. The van der Waals surface area contributed by atoms with Gasteiger partial charge in [0.1, 0.15) is 11.6 Å². The Balaban J connectivity index is 2.37. The van der Waals surface area contributed by atoms with Crippen molar-refractivity contribution in [2.24, 2.45) is 0 Å². The summed E-state index contributed by atoms with van der Waals surface area (Å²) in [7, 11) is 1.84. The van der Waals surface area contributed by atoms with Crippen LogP contribution in [0.2, 0.25) is 0 Å². The topological polar surface area (TPSA) is 25.2 Å². The quantitative estimate of drug-likeness (QED) is 0.933. The predicted octanol–water partition coefficient (Wildman–Crippen LogP) is 3.49. The number of hydrogen-bond donors (Lipinski definition) is 1. The van der Waals surface area contributed by atoms with E-state index < -0.39 is 0 Å². The molecular weight excluding hydrogens is 273 g/mol. The van der Waals surface area contributed by atoms with Gasteiger partial charge in [0, 0.05) is 0 Å². The van der Waals surface area contributed by atoms with E-state index in [1.54, 1.807) is 18.4 Å². The van der Waals surface area contributed by atoms with Crippen molar-refractivity contribution < 1.29 is 8.81 Å². The molecule has 0 aliphatic carbocycles. The van der Waals surface area contributed by atoms with E-state index >= 15 is 0 Å². The highest BCUT2D eigenvalue weighted by atomic mass is 79.9. The fraction of sp³-hybridized carbons (Fsp3) is 0.167. The van der Waals surface area contributed by atoms with E-state index in [0.717, 1.165) is 15.8 Å². The third-order valence-corrected chi connectivity index (χ3v) is 3.05. The first-order valence-corrected chi connectivity index (χ1v) is 5.67. The van der Waals surface area contributed by atoms with Crippen molar-refractivity contribution in [3.05, 3.63) is 58.2 Å². The SMILES string of the molecule is CNC(c1ccc(F)cc1)c1occc1Br. The van der Waals surface area contributed by atoms with Crippen LogP contribution in [0.5, 0.6) is 0 Å². The van der Waals surface area contributed by atoms with Crippen molar-refractivity contribution in [2.45, 2.75) is 6.04 Å². The molecule has 0 amide bonds. The molecule has 2 nitrogen and oxygen atoms in total. The van der Waals surface area contributed by atoms with Crippen molar-refractivity contribution in [3.63, 3.8) is 0 Å². The van der Waals surface area contributed by atoms with Gasteiger partial charge in [-0.1, -0.05) is 12.1 Å². The second kappa shape index (κ2) is 4.80. The predicted molar refractivity (Wildman–Crippen MR) is 63.7 cm³/mol. The minimum Gasteiger partial charge on any atom is -0.466 e. The highest BCUT2D eigenvalue weighted by Gasteiger charge is 2.17. The molecule has 1 heterocycles. The smallest absolute Gasteiger partial charge is 0.139 e. The van der Waals surface area contributed by atoms with E-state index in [-0.39, 0.29) is 11.9 Å². The summed E-state index contributed by atoms with van der Waals surface area (Å²) in [5.41, 5.74) is 0.958. The van der Waals surface area contributed by atoms with Crippen LogP contribution in [0, 0.1) is 5.82 Å². The number of nitrogens with one attached hydrogen (secondary N) is 1.